The van der Waals surface area contributed by atoms with Crippen LogP contribution in [0.1, 0.15) is 66.6 Å². The van der Waals surface area contributed by atoms with Gasteiger partial charge < -0.3 is 15.8 Å². The Bertz CT molecular complexity index is 3340. The zero-order valence-corrected chi connectivity index (χ0v) is 40.3. The summed E-state index contributed by atoms with van der Waals surface area (Å²) in [6.07, 6.45) is -7.44. The first-order valence-electron chi connectivity index (χ1n) is 21.0. The van der Waals surface area contributed by atoms with Gasteiger partial charge in [0.05, 0.1) is 39.8 Å². The summed E-state index contributed by atoms with van der Waals surface area (Å²) < 4.78 is 203. The Morgan fingerprint density at radius 3 is 2.15 bits per heavy atom. The molecule has 0 spiro atoms. The van der Waals surface area contributed by atoms with Crippen molar-refractivity contribution in [2.75, 3.05) is 23.5 Å². The Kier molecular flexibility index (Phi) is 13.9. The predicted octanol–water partition coefficient (Wildman–Crippen LogP) is 7.07. The Morgan fingerprint density at radius 2 is 1.60 bits per heavy atom. The third kappa shape index (κ3) is 10.6. The molecule has 7 rings (SSSR count). The molecule has 3 N–H and O–H groups in total. The number of fused-ring (bicyclic) bond motifs is 4. The zero-order chi connectivity index (χ0) is 53.4. The summed E-state index contributed by atoms with van der Waals surface area (Å²) in [5, 5.41) is 8.85. The van der Waals surface area contributed by atoms with Crippen molar-refractivity contribution in [3.63, 3.8) is 0 Å². The minimum absolute atomic E-state index is 0.175. The van der Waals surface area contributed by atoms with Crippen molar-refractivity contribution in [1.82, 2.24) is 29.9 Å². The van der Waals surface area contributed by atoms with Crippen LogP contribution < -0.4 is 15.4 Å². The molecule has 0 unspecified atom stereocenters. The molecule has 15 nitrogen and oxygen atoms in total. The topological polar surface area (TPSA) is 201 Å². The van der Waals surface area contributed by atoms with E-state index in [1.807, 2.05) is 0 Å². The molecule has 3 aromatic heterocycles. The van der Waals surface area contributed by atoms with Crippen LogP contribution in [0.2, 0.25) is 5.02 Å². The number of esters is 1. The molecule has 2 aromatic carbocycles. The number of nitrogens with one attached hydrogen (secondary N) is 1. The lowest BCUT2D eigenvalue weighted by molar-refractivity contribution is -0.144. The quantitative estimate of drug-likeness (QED) is 0.0379. The van der Waals surface area contributed by atoms with Crippen LogP contribution in [0, 0.1) is 29.4 Å². The lowest BCUT2D eigenvalue weighted by Gasteiger charge is -2.27. The molecular formula is C44H39ClF10N8O7S2. The average Bonchev–Trinajstić information content (AvgIpc) is 3.81. The van der Waals surface area contributed by atoms with Gasteiger partial charge in [0.2, 0.25) is 15.9 Å². The van der Waals surface area contributed by atoms with E-state index in [2.05, 4.69) is 32.3 Å². The predicted molar refractivity (Wildman–Crippen MR) is 239 cm³/mol. The molecule has 2 aliphatic carbocycles. The number of allylic oxidation sites excluding steroid dienone is 2. The molecule has 0 radical (unpaired) electrons. The van der Waals surface area contributed by atoms with Crippen molar-refractivity contribution in [1.29, 1.82) is 0 Å². The van der Waals surface area contributed by atoms with E-state index in [4.69, 9.17) is 22.1 Å². The number of aromatic nitrogens is 5. The number of hydrogen-bond acceptors (Lipinski definition) is 11. The van der Waals surface area contributed by atoms with Gasteiger partial charge in [0.25, 0.3) is 5.92 Å². The van der Waals surface area contributed by atoms with Crippen LogP contribution in [0.15, 0.2) is 54.6 Å². The van der Waals surface area contributed by atoms with E-state index in [1.54, 1.807) is 0 Å². The van der Waals surface area contributed by atoms with Crippen molar-refractivity contribution >= 4 is 60.1 Å². The lowest BCUT2D eigenvalue weighted by Crippen LogP contribution is -2.37. The number of rotatable bonds is 14. The number of nitrogens with two attached hydrogens (primary N) is 1. The lowest BCUT2D eigenvalue weighted by atomic mass is 9.81. The molecule has 0 saturated carbocycles. The molecular weight excluding hydrogens is 1040 g/mol. The highest BCUT2D eigenvalue weighted by molar-refractivity contribution is 7.92. The monoisotopic (exact) mass is 1080 g/mol. The smallest absolute Gasteiger partial charge is 0.435 e. The zero-order valence-electron chi connectivity index (χ0n) is 37.9. The van der Waals surface area contributed by atoms with E-state index in [9.17, 15) is 61.5 Å². The van der Waals surface area contributed by atoms with E-state index < -0.39 is 161 Å². The summed E-state index contributed by atoms with van der Waals surface area (Å²) >= 11 is 6.63. The maximum absolute atomic E-state index is 15.8. The Hall–Kier alpha value is -6.24. The minimum Gasteiger partial charge on any atom is -0.442 e. The molecule has 4 atom stereocenters. The van der Waals surface area contributed by atoms with Gasteiger partial charge in [0.15, 0.2) is 28.1 Å². The number of amides is 1. The molecule has 1 amide bonds. The van der Waals surface area contributed by atoms with Crippen LogP contribution in [-0.4, -0.2) is 89.5 Å². The van der Waals surface area contributed by atoms with E-state index >= 15 is 8.78 Å². The second-order valence-electron chi connectivity index (χ2n) is 17.5. The Labute approximate surface area is 408 Å². The van der Waals surface area contributed by atoms with Crippen molar-refractivity contribution in [2.45, 2.75) is 81.3 Å². The fourth-order valence-electron chi connectivity index (χ4n) is 7.99. The molecule has 28 heteroatoms. The van der Waals surface area contributed by atoms with Crippen molar-refractivity contribution in [3.05, 3.63) is 105 Å². The van der Waals surface area contributed by atoms with Crippen molar-refractivity contribution < 1.29 is 75.1 Å². The molecule has 0 aliphatic heterocycles. The number of ether oxygens (including phenoxy) is 1. The van der Waals surface area contributed by atoms with Gasteiger partial charge in [-0.3, -0.25) is 19.0 Å². The summed E-state index contributed by atoms with van der Waals surface area (Å²) in [5.41, 5.74) is -0.380. The van der Waals surface area contributed by atoms with Crippen molar-refractivity contribution in [3.8, 4) is 23.0 Å². The van der Waals surface area contributed by atoms with E-state index in [1.165, 1.54) is 20.8 Å². The first-order chi connectivity index (χ1) is 33.1. The third-order valence-electron chi connectivity index (χ3n) is 11.7. The Balaban J connectivity index is 1.48. The standard InChI is InChI=1S/C44H39ClF10N8O7S2/c1-21(56)40(65)70-20-63(72(5,68)69)39-34-30(45)11-9-27(36(34)62(60-39)19-42(48,49)50)26-7-6-25(12-13-41(2,3)71(4,66)67)57-35(26)31(16-22-14-23(46)17-24(47)15-22)58-32(64)18-61-38-33(37(59-61)44(53,54)55)28-8-10-29(28)43(38,51)52/h6-11,14-15,17,21,28-29,31H,16,18-20,56H2,1-5H3,(H,58,64)/t21-,28-,29+,31-/m0/s1. The highest BCUT2D eigenvalue weighted by atomic mass is 35.5. The SMILES string of the molecule is C[C@H](N)C(=O)OCN(c1nn(CC(F)(F)F)c2c(-c3ccc(C#CC(C)(C)S(C)(=O)=O)nc3[C@H](Cc3cc(F)cc(F)c3)NC(=O)Cn3nc(C(F)(F)F)c4c3C(F)(F)[C@@H]3C=C[C@H]43)ccc(Cl)c12)S(C)(=O)=O. The van der Waals surface area contributed by atoms with Gasteiger partial charge in [0.1, 0.15) is 46.9 Å². The molecule has 2 aliphatic rings. The maximum atomic E-state index is 15.8. The number of hydrogen-bond donors (Lipinski definition) is 2. The van der Waals surface area contributed by atoms with Crippen LogP contribution in [-0.2, 0) is 65.8 Å². The van der Waals surface area contributed by atoms with Gasteiger partial charge in [0, 0.05) is 34.9 Å². The second kappa shape index (κ2) is 18.7. The van der Waals surface area contributed by atoms with Gasteiger partial charge in [-0.15, -0.1) is 0 Å². The summed E-state index contributed by atoms with van der Waals surface area (Å²) in [4.78, 5) is 31.1. The third-order valence-corrected chi connectivity index (χ3v) is 15.0. The highest BCUT2D eigenvalue weighted by Gasteiger charge is 2.61. The molecule has 0 fully saturated rings. The Morgan fingerprint density at radius 1 is 0.958 bits per heavy atom. The van der Waals surface area contributed by atoms with Crippen LogP contribution in [0.5, 0.6) is 0 Å². The molecule has 0 saturated heterocycles. The second-order valence-corrected chi connectivity index (χ2v) is 22.4. The summed E-state index contributed by atoms with van der Waals surface area (Å²) in [6, 6.07) is 3.55. The minimum atomic E-state index is -5.26. The van der Waals surface area contributed by atoms with Crippen molar-refractivity contribution in [2.24, 2.45) is 11.7 Å². The number of alkyl halides is 8. The maximum Gasteiger partial charge on any atom is 0.435 e. The first-order valence-corrected chi connectivity index (χ1v) is 25.1. The highest BCUT2D eigenvalue weighted by Crippen LogP contribution is 2.60. The molecule has 0 bridgehead atoms. The number of halogens is 11. The largest absolute Gasteiger partial charge is 0.442 e. The van der Waals surface area contributed by atoms with E-state index in [0.29, 0.717) is 21.3 Å². The number of sulfone groups is 1. The molecule has 5 aromatic rings. The number of benzene rings is 2. The number of sulfonamides is 1. The van der Waals surface area contributed by atoms with Crippen LogP contribution in [0.3, 0.4) is 0 Å². The van der Waals surface area contributed by atoms with Gasteiger partial charge in [-0.1, -0.05) is 35.7 Å². The van der Waals surface area contributed by atoms with Crippen LogP contribution >= 0.6 is 11.6 Å². The van der Waals surface area contributed by atoms with Gasteiger partial charge in [-0.2, -0.15) is 45.3 Å². The summed E-state index contributed by atoms with van der Waals surface area (Å²) in [6.45, 7) is -0.761. The molecule has 3 heterocycles. The number of nitrogens with zero attached hydrogens (tertiary/aromatic N) is 6. The van der Waals surface area contributed by atoms with Crippen LogP contribution in [0.4, 0.5) is 49.7 Å². The first kappa shape index (κ1) is 53.6. The average molecular weight is 1080 g/mol. The number of pyridine rings is 1. The van der Waals surface area contributed by atoms with Gasteiger partial charge in [-0.05, 0) is 69.0 Å². The van der Waals surface area contributed by atoms with Gasteiger partial charge in [-0.25, -0.2) is 34.9 Å². The van der Waals surface area contributed by atoms with E-state index in [-0.39, 0.29) is 27.1 Å². The van der Waals surface area contributed by atoms with E-state index in [0.717, 1.165) is 54.8 Å². The molecule has 72 heavy (non-hydrogen) atoms. The number of carbonyl (C=O) groups excluding carboxylic acids is 2. The normalized spacial score (nSPS) is 17.3. The molecule has 386 valence electrons. The summed E-state index contributed by atoms with van der Waals surface area (Å²) in [5.74, 6) is -7.48. The fourth-order valence-corrected chi connectivity index (χ4v) is 9.15. The summed E-state index contributed by atoms with van der Waals surface area (Å²) in [7, 11) is -8.52. The van der Waals surface area contributed by atoms with Gasteiger partial charge >= 0.3 is 18.3 Å². The number of carbonyl (C=O) groups is 2. The van der Waals surface area contributed by atoms with Crippen LogP contribution in [0.25, 0.3) is 22.0 Å². The fraction of sp³-hybridized carbons (Fsp3) is 0.386. The number of anilines is 1.